The first-order valence-corrected chi connectivity index (χ1v) is 14.2. The van der Waals surface area contributed by atoms with Crippen molar-refractivity contribution in [2.75, 3.05) is 0 Å². The van der Waals surface area contributed by atoms with Crippen LogP contribution in [0.4, 0.5) is 22.7 Å². The Bertz CT molecular complexity index is 1960. The molecule has 204 valence electrons. The minimum absolute atomic E-state index is 0. The van der Waals surface area contributed by atoms with E-state index in [1.54, 1.807) is 36.4 Å². The van der Waals surface area contributed by atoms with Crippen molar-refractivity contribution in [3.05, 3.63) is 84.9 Å². The summed E-state index contributed by atoms with van der Waals surface area (Å²) in [4.78, 5) is -0.594. The minimum Gasteiger partial charge on any atom is -0.505 e. The van der Waals surface area contributed by atoms with Crippen molar-refractivity contribution in [3.63, 3.8) is 0 Å². The average Bonchev–Trinajstić information content (AvgIpc) is 2.90. The first kappa shape index (κ1) is 33.7. The van der Waals surface area contributed by atoms with Gasteiger partial charge in [-0.25, -0.2) is 0 Å². The zero-order chi connectivity index (χ0) is 28.7. The summed E-state index contributed by atoms with van der Waals surface area (Å²) in [5.41, 5.74) is 0.288. The molecule has 0 fully saturated rings. The molecule has 4 N–H and O–H groups in total. The molecule has 0 unspecified atom stereocenters. The van der Waals surface area contributed by atoms with E-state index in [9.17, 15) is 36.2 Å². The second-order valence-corrected chi connectivity index (χ2v) is 11.2. The molecule has 42 heavy (non-hydrogen) atoms. The second kappa shape index (κ2) is 13.3. The summed E-state index contributed by atoms with van der Waals surface area (Å²) < 4.78 is 66.0. The molecule has 2 radical (unpaired) electrons. The van der Waals surface area contributed by atoms with Gasteiger partial charge in [0.05, 0.1) is 11.4 Å². The maximum Gasteiger partial charge on any atom is 0.295 e. The van der Waals surface area contributed by atoms with E-state index >= 15 is 0 Å². The van der Waals surface area contributed by atoms with Gasteiger partial charge in [0.15, 0.2) is 0 Å². The standard InChI is InChI=1S/C26H18N4O8S2.2Na/c31-23-14-24(32)22(30-28-20-10-12-26(40(36,37)38)18-8-4-2-6-16(18)20)13-21(23)29-27-19-9-11-25(39(33,34)35)17-7-3-1-5-15(17)19;;/h1-14,31-32H,(H,33,34,35)(H,36,37,38);;. The first-order chi connectivity index (χ1) is 18.9. The molecule has 16 heteroatoms. The third kappa shape index (κ3) is 7.06. The van der Waals surface area contributed by atoms with Crippen LogP contribution in [0.1, 0.15) is 0 Å². The molecule has 0 aliphatic heterocycles. The summed E-state index contributed by atoms with van der Waals surface area (Å²) in [7, 11) is -8.98. The van der Waals surface area contributed by atoms with Gasteiger partial charge in [0.2, 0.25) is 0 Å². The number of phenols is 2. The number of nitrogens with zero attached hydrogens (tertiary/aromatic N) is 4. The van der Waals surface area contributed by atoms with Crippen LogP contribution in [-0.4, -0.2) is 95.3 Å². The molecule has 12 nitrogen and oxygen atoms in total. The maximum atomic E-state index is 11.7. The van der Waals surface area contributed by atoms with Crippen molar-refractivity contribution >= 4 is 124 Å². The number of fused-ring (bicyclic) bond motifs is 2. The van der Waals surface area contributed by atoms with Crippen molar-refractivity contribution < 1.29 is 36.2 Å². The summed E-state index contributed by atoms with van der Waals surface area (Å²) in [5, 5.41) is 38.1. The van der Waals surface area contributed by atoms with Gasteiger partial charge in [-0.15, -0.1) is 20.5 Å². The average molecular weight is 625 g/mol. The molecule has 0 aromatic heterocycles. The van der Waals surface area contributed by atoms with Crippen LogP contribution < -0.4 is 0 Å². The van der Waals surface area contributed by atoms with Crippen LogP contribution in [-0.2, 0) is 20.2 Å². The molecule has 0 aliphatic carbocycles. The third-order valence-corrected chi connectivity index (χ3v) is 7.70. The van der Waals surface area contributed by atoms with E-state index in [2.05, 4.69) is 20.5 Å². The Morgan fingerprint density at radius 1 is 0.452 bits per heavy atom. The van der Waals surface area contributed by atoms with Gasteiger partial charge in [-0.3, -0.25) is 9.11 Å². The van der Waals surface area contributed by atoms with Crippen molar-refractivity contribution in [2.45, 2.75) is 9.79 Å². The fourth-order valence-electron chi connectivity index (χ4n) is 4.07. The maximum absolute atomic E-state index is 11.7. The molecule has 0 spiro atoms. The molecule has 0 heterocycles. The van der Waals surface area contributed by atoms with Gasteiger partial charge in [-0.2, -0.15) is 16.8 Å². The Labute approximate surface area is 283 Å². The number of benzene rings is 5. The molecule has 0 amide bonds. The number of rotatable bonds is 6. The van der Waals surface area contributed by atoms with Gasteiger partial charge in [-0.1, -0.05) is 48.5 Å². The number of phenolic OH excluding ortho intramolecular Hbond substituents is 2. The van der Waals surface area contributed by atoms with Crippen molar-refractivity contribution in [1.82, 2.24) is 0 Å². The van der Waals surface area contributed by atoms with E-state index in [-0.39, 0.29) is 102 Å². The van der Waals surface area contributed by atoms with E-state index in [0.29, 0.717) is 10.8 Å². The largest absolute Gasteiger partial charge is 0.505 e. The Morgan fingerprint density at radius 3 is 1.14 bits per heavy atom. The summed E-state index contributed by atoms with van der Waals surface area (Å²) in [6, 6.07) is 19.9. The van der Waals surface area contributed by atoms with Gasteiger partial charge in [0.1, 0.15) is 32.7 Å². The molecule has 0 bridgehead atoms. The molecule has 5 aromatic rings. The van der Waals surface area contributed by atoms with Gasteiger partial charge in [-0.05, 0) is 24.3 Å². The molecule has 0 saturated heterocycles. The van der Waals surface area contributed by atoms with E-state index in [1.807, 2.05) is 0 Å². The molecular weight excluding hydrogens is 606 g/mol. The second-order valence-electron chi connectivity index (χ2n) is 8.44. The fraction of sp³-hybridized carbons (Fsp3) is 0. The number of hydrogen-bond acceptors (Lipinski definition) is 10. The smallest absolute Gasteiger partial charge is 0.295 e. The minimum atomic E-state index is -4.49. The zero-order valence-corrected chi connectivity index (χ0v) is 27.7. The molecule has 0 atom stereocenters. The van der Waals surface area contributed by atoms with E-state index in [4.69, 9.17) is 0 Å². The molecule has 5 rings (SSSR count). The molecule has 0 aliphatic rings. The molecule has 0 saturated carbocycles. The van der Waals surface area contributed by atoms with Gasteiger partial charge in [0, 0.05) is 92.8 Å². The van der Waals surface area contributed by atoms with Crippen LogP contribution in [0.5, 0.6) is 11.5 Å². The summed E-state index contributed by atoms with van der Waals surface area (Å²) in [6.45, 7) is 0. The topological polar surface area (TPSA) is 199 Å². The van der Waals surface area contributed by atoms with E-state index in [1.165, 1.54) is 42.5 Å². The van der Waals surface area contributed by atoms with Crippen LogP contribution in [0.3, 0.4) is 0 Å². The van der Waals surface area contributed by atoms with Gasteiger partial charge < -0.3 is 10.2 Å². The Kier molecular flexibility index (Phi) is 10.7. The first-order valence-electron chi connectivity index (χ1n) is 11.3. The van der Waals surface area contributed by atoms with Crippen LogP contribution in [0, 0.1) is 0 Å². The van der Waals surface area contributed by atoms with Crippen molar-refractivity contribution in [3.8, 4) is 11.5 Å². The Morgan fingerprint density at radius 2 is 0.786 bits per heavy atom. The van der Waals surface area contributed by atoms with Gasteiger partial charge in [0.25, 0.3) is 20.2 Å². The quantitative estimate of drug-likeness (QED) is 0.101. The number of hydrogen-bond donors (Lipinski definition) is 4. The van der Waals surface area contributed by atoms with Crippen molar-refractivity contribution in [2.24, 2.45) is 20.5 Å². The number of aromatic hydroxyl groups is 2. The predicted octanol–water partition coefficient (Wildman–Crippen LogP) is 5.97. The third-order valence-electron chi connectivity index (χ3n) is 5.88. The Balaban J connectivity index is 0.00000242. The Hall–Kier alpha value is -2.76. The molecule has 5 aromatic carbocycles. The van der Waals surface area contributed by atoms with Gasteiger partial charge >= 0.3 is 0 Å². The summed E-state index contributed by atoms with van der Waals surface area (Å²) in [5.74, 6) is -0.857. The number of azo groups is 2. The SMILES string of the molecule is O=S(=O)(O)c1ccc(N=Nc2cc(N=Nc3ccc(S(=O)(=O)O)c4ccccc34)c(O)cc2O)c2ccccc12.[Na].[Na]. The summed E-state index contributed by atoms with van der Waals surface area (Å²) in [6.07, 6.45) is 0. The van der Waals surface area contributed by atoms with Crippen LogP contribution in [0.2, 0.25) is 0 Å². The van der Waals surface area contributed by atoms with E-state index in [0.717, 1.165) is 6.07 Å². The monoisotopic (exact) mass is 624 g/mol. The van der Waals surface area contributed by atoms with Crippen molar-refractivity contribution in [1.29, 1.82) is 0 Å². The zero-order valence-electron chi connectivity index (χ0n) is 22.1. The normalized spacial score (nSPS) is 12.0. The fourth-order valence-corrected chi connectivity index (χ4v) is 5.46. The van der Waals surface area contributed by atoms with Crippen LogP contribution in [0.25, 0.3) is 21.5 Å². The summed E-state index contributed by atoms with van der Waals surface area (Å²) >= 11 is 0. The molecular formula is C26H18N4Na2O8S2. The predicted molar refractivity (Wildman–Crippen MR) is 157 cm³/mol. The van der Waals surface area contributed by atoms with E-state index < -0.39 is 31.7 Å². The van der Waals surface area contributed by atoms with Crippen LogP contribution >= 0.6 is 0 Å². The van der Waals surface area contributed by atoms with Crippen LogP contribution in [0.15, 0.2) is 115 Å².